The van der Waals surface area contributed by atoms with Gasteiger partial charge in [0.2, 0.25) is 11.7 Å². The van der Waals surface area contributed by atoms with Crippen molar-refractivity contribution in [3.8, 4) is 11.1 Å². The molecule has 220 valence electrons. The van der Waals surface area contributed by atoms with E-state index in [9.17, 15) is 14.4 Å². The number of Topliss-reactive ketones (excluding diaryl/α,β-unsaturated/α-hetero) is 1. The highest BCUT2D eigenvalue weighted by Gasteiger charge is 2.30. The minimum absolute atomic E-state index is 0.0748. The predicted octanol–water partition coefficient (Wildman–Crippen LogP) is 6.75. The molecule has 4 aromatic carbocycles. The van der Waals surface area contributed by atoms with E-state index in [-0.39, 0.29) is 12.3 Å². The van der Waals surface area contributed by atoms with Gasteiger partial charge >= 0.3 is 0 Å². The van der Waals surface area contributed by atoms with Crippen molar-refractivity contribution in [3.63, 3.8) is 0 Å². The molecule has 3 N–H and O–H groups in total. The van der Waals surface area contributed by atoms with Crippen molar-refractivity contribution in [2.24, 2.45) is 0 Å². The molecule has 6 aromatic rings. The van der Waals surface area contributed by atoms with E-state index < -0.39 is 29.7 Å². The van der Waals surface area contributed by atoms with E-state index in [1.54, 1.807) is 43.3 Å². The van der Waals surface area contributed by atoms with Crippen molar-refractivity contribution < 1.29 is 18.8 Å². The van der Waals surface area contributed by atoms with Gasteiger partial charge in [-0.1, -0.05) is 79.2 Å². The van der Waals surface area contributed by atoms with Gasteiger partial charge < -0.3 is 20.0 Å². The van der Waals surface area contributed by atoms with Crippen molar-refractivity contribution in [3.05, 3.63) is 125 Å². The van der Waals surface area contributed by atoms with E-state index in [0.29, 0.717) is 28.1 Å². The number of aromatic amines is 1. The Morgan fingerprint density at radius 2 is 1.59 bits per heavy atom. The Kier molecular flexibility index (Phi) is 8.25. The van der Waals surface area contributed by atoms with Gasteiger partial charge in [-0.25, -0.2) is 4.98 Å². The monoisotopic (exact) mass is 604 g/mol. The molecule has 0 unspecified atom stereocenters. The summed E-state index contributed by atoms with van der Waals surface area (Å²) in [5, 5.41) is 7.28. The molecule has 0 radical (unpaired) electrons. The molecule has 2 heterocycles. The van der Waals surface area contributed by atoms with Crippen molar-refractivity contribution in [2.75, 3.05) is 0 Å². The van der Waals surface area contributed by atoms with Crippen LogP contribution in [0.3, 0.4) is 0 Å². The number of benzene rings is 4. The van der Waals surface area contributed by atoms with Crippen LogP contribution in [0.2, 0.25) is 5.02 Å². The number of oxazole rings is 1. The number of aromatic nitrogens is 2. The average molecular weight is 605 g/mol. The Balaban J connectivity index is 1.24. The van der Waals surface area contributed by atoms with Crippen LogP contribution in [0.15, 0.2) is 108 Å². The van der Waals surface area contributed by atoms with Gasteiger partial charge in [-0.2, -0.15) is 0 Å². The van der Waals surface area contributed by atoms with Gasteiger partial charge in [0.1, 0.15) is 11.6 Å². The number of para-hydroxylation sites is 3. The molecule has 0 fully saturated rings. The maximum atomic E-state index is 13.8. The number of carbonyl (C=O) groups is 3. The zero-order valence-corrected chi connectivity index (χ0v) is 24.6. The fourth-order valence-electron chi connectivity index (χ4n) is 5.22. The van der Waals surface area contributed by atoms with E-state index >= 15 is 0 Å². The average Bonchev–Trinajstić information content (AvgIpc) is 3.68. The highest BCUT2D eigenvalue weighted by molar-refractivity contribution is 6.33. The summed E-state index contributed by atoms with van der Waals surface area (Å²) in [6, 6.07) is 27.4. The lowest BCUT2D eigenvalue weighted by atomic mass is 10.0. The number of rotatable bonds is 10. The van der Waals surface area contributed by atoms with E-state index in [1.807, 2.05) is 66.9 Å². The second kappa shape index (κ2) is 12.6. The summed E-state index contributed by atoms with van der Waals surface area (Å²) in [5.74, 6) is -1.43. The number of H-pyrrole nitrogens is 1. The van der Waals surface area contributed by atoms with E-state index in [4.69, 9.17) is 16.0 Å². The van der Waals surface area contributed by atoms with E-state index in [1.165, 1.54) is 0 Å². The Morgan fingerprint density at radius 3 is 2.36 bits per heavy atom. The molecular formula is C35H29ClN4O4. The predicted molar refractivity (Wildman–Crippen MR) is 171 cm³/mol. The lowest BCUT2D eigenvalue weighted by molar-refractivity contribution is -0.123. The number of hydrogen-bond donors (Lipinski definition) is 3. The molecule has 2 amide bonds. The van der Waals surface area contributed by atoms with Crippen LogP contribution in [0, 0.1) is 0 Å². The molecule has 0 aliphatic rings. The highest BCUT2D eigenvalue weighted by atomic mass is 35.5. The molecule has 0 saturated heterocycles. The summed E-state index contributed by atoms with van der Waals surface area (Å²) in [6.07, 6.45) is 2.34. The summed E-state index contributed by atoms with van der Waals surface area (Å²) in [7, 11) is 0. The second-order valence-electron chi connectivity index (χ2n) is 10.5. The quantitative estimate of drug-likeness (QED) is 0.150. The molecule has 0 spiro atoms. The van der Waals surface area contributed by atoms with Crippen molar-refractivity contribution >= 4 is 51.2 Å². The number of halogens is 1. The van der Waals surface area contributed by atoms with Crippen LogP contribution in [-0.4, -0.2) is 39.6 Å². The molecule has 2 aromatic heterocycles. The van der Waals surface area contributed by atoms with Gasteiger partial charge in [0.25, 0.3) is 11.8 Å². The number of nitrogens with zero attached hydrogens (tertiary/aromatic N) is 1. The van der Waals surface area contributed by atoms with E-state index in [0.717, 1.165) is 27.6 Å². The normalized spacial score (nSPS) is 12.6. The van der Waals surface area contributed by atoms with E-state index in [2.05, 4.69) is 20.6 Å². The molecule has 8 nitrogen and oxygen atoms in total. The van der Waals surface area contributed by atoms with Crippen LogP contribution in [0.1, 0.15) is 40.0 Å². The minimum Gasteiger partial charge on any atom is -0.434 e. The number of carbonyl (C=O) groups excluding carboxylic acids is 3. The molecule has 0 saturated carbocycles. The molecular weight excluding hydrogens is 576 g/mol. The summed E-state index contributed by atoms with van der Waals surface area (Å²) >= 11 is 6.35. The SMILES string of the molecule is CC[C@H](NC(=O)[C@H](Cc1c[nH]c2ccccc12)NC(=O)c1ccc(-c2ccccc2Cl)cc1)C(=O)c1nc2ccccc2o1. The smallest absolute Gasteiger partial charge is 0.266 e. The minimum atomic E-state index is -0.976. The lowest BCUT2D eigenvalue weighted by Crippen LogP contribution is -2.52. The number of ketones is 1. The molecule has 44 heavy (non-hydrogen) atoms. The van der Waals surface area contributed by atoms with Crippen LogP contribution in [-0.2, 0) is 11.2 Å². The Labute approximate surface area is 258 Å². The van der Waals surface area contributed by atoms with Crippen LogP contribution in [0.5, 0.6) is 0 Å². The number of amides is 2. The molecule has 6 rings (SSSR count). The van der Waals surface area contributed by atoms with Gasteiger partial charge in [0, 0.05) is 39.7 Å². The number of fused-ring (bicyclic) bond motifs is 2. The van der Waals surface area contributed by atoms with Crippen LogP contribution >= 0.6 is 11.6 Å². The topological polar surface area (TPSA) is 117 Å². The molecule has 2 atom stereocenters. The van der Waals surface area contributed by atoms with Crippen LogP contribution < -0.4 is 10.6 Å². The first kappa shape index (κ1) is 28.9. The van der Waals surface area contributed by atoms with Gasteiger partial charge in [-0.15, -0.1) is 0 Å². The number of hydrogen-bond acceptors (Lipinski definition) is 5. The largest absolute Gasteiger partial charge is 0.434 e. The lowest BCUT2D eigenvalue weighted by Gasteiger charge is -2.22. The fraction of sp³-hybridized carbons (Fsp3) is 0.143. The maximum Gasteiger partial charge on any atom is 0.266 e. The summed E-state index contributed by atoms with van der Waals surface area (Å²) < 4.78 is 5.67. The van der Waals surface area contributed by atoms with Crippen molar-refractivity contribution in [1.29, 1.82) is 0 Å². The fourth-order valence-corrected chi connectivity index (χ4v) is 5.46. The summed E-state index contributed by atoms with van der Waals surface area (Å²) in [6.45, 7) is 1.79. The third kappa shape index (κ3) is 5.98. The zero-order chi connectivity index (χ0) is 30.6. The first-order valence-corrected chi connectivity index (χ1v) is 14.7. The molecule has 0 aliphatic heterocycles. The summed E-state index contributed by atoms with van der Waals surface area (Å²) in [5.41, 5.74) is 4.92. The Hall–Kier alpha value is -5.21. The molecule has 0 bridgehead atoms. The summed E-state index contributed by atoms with van der Waals surface area (Å²) in [4.78, 5) is 48.1. The third-order valence-corrected chi connectivity index (χ3v) is 7.93. The zero-order valence-electron chi connectivity index (χ0n) is 23.8. The maximum absolute atomic E-state index is 13.8. The molecule has 9 heteroatoms. The number of nitrogens with one attached hydrogen (secondary N) is 3. The standard InChI is InChI=1S/C35H29ClN4O4/c1-2-27(32(41)35-40-29-13-7-8-14-31(29)44-35)38-34(43)30(19-23-20-37-28-12-6-4-10-25(23)28)39-33(42)22-17-15-21(16-18-22)24-9-3-5-11-26(24)36/h3-18,20,27,30,37H,2,19H2,1H3,(H,38,43)(H,39,42)/t27-,30-/m0/s1. The van der Waals surface area contributed by atoms with Gasteiger partial charge in [-0.05, 0) is 53.9 Å². The molecule has 0 aliphatic carbocycles. The second-order valence-corrected chi connectivity index (χ2v) is 10.9. The third-order valence-electron chi connectivity index (χ3n) is 7.60. The first-order valence-electron chi connectivity index (χ1n) is 14.3. The Bertz CT molecular complexity index is 1950. The van der Waals surface area contributed by atoms with Crippen LogP contribution in [0.4, 0.5) is 0 Å². The highest BCUT2D eigenvalue weighted by Crippen LogP contribution is 2.28. The van der Waals surface area contributed by atoms with Crippen molar-refractivity contribution in [1.82, 2.24) is 20.6 Å². The van der Waals surface area contributed by atoms with Crippen molar-refractivity contribution in [2.45, 2.75) is 31.8 Å². The van der Waals surface area contributed by atoms with Gasteiger partial charge in [-0.3, -0.25) is 14.4 Å². The first-order chi connectivity index (χ1) is 21.4. The van der Waals surface area contributed by atoms with Crippen LogP contribution in [0.25, 0.3) is 33.1 Å². The van der Waals surface area contributed by atoms with Gasteiger partial charge in [0.05, 0.1) is 6.04 Å². The Morgan fingerprint density at radius 1 is 0.864 bits per heavy atom. The van der Waals surface area contributed by atoms with Gasteiger partial charge in [0.15, 0.2) is 5.58 Å².